The first-order chi connectivity index (χ1) is 17.1. The van der Waals surface area contributed by atoms with Gasteiger partial charge in [0.25, 0.3) is 5.89 Å². The Morgan fingerprint density at radius 1 is 1.03 bits per heavy atom. The van der Waals surface area contributed by atoms with E-state index in [0.717, 1.165) is 40.3 Å². The molecule has 0 aliphatic carbocycles. The molecule has 2 heterocycles. The molecule has 1 aliphatic heterocycles. The van der Waals surface area contributed by atoms with Crippen molar-refractivity contribution in [3.05, 3.63) is 102 Å². The molecule has 6 nitrogen and oxygen atoms in total. The van der Waals surface area contributed by atoms with Crippen LogP contribution in [0.25, 0.3) is 17.0 Å². The van der Waals surface area contributed by atoms with Crippen molar-refractivity contribution < 1.29 is 9.26 Å². The van der Waals surface area contributed by atoms with Crippen molar-refractivity contribution in [1.29, 1.82) is 0 Å². The number of thiocarbonyl (C=S) groups is 1. The van der Waals surface area contributed by atoms with Crippen molar-refractivity contribution in [3.8, 4) is 17.1 Å². The van der Waals surface area contributed by atoms with Crippen molar-refractivity contribution in [2.24, 2.45) is 0 Å². The zero-order chi connectivity index (χ0) is 24.4. The van der Waals surface area contributed by atoms with E-state index < -0.39 is 0 Å². The normalized spacial score (nSPS) is 15.8. The molecule has 1 aliphatic rings. The van der Waals surface area contributed by atoms with Crippen LogP contribution >= 0.6 is 12.2 Å². The van der Waals surface area contributed by atoms with Crippen molar-refractivity contribution in [2.45, 2.75) is 26.3 Å². The highest BCUT2D eigenvalue weighted by atomic mass is 32.1. The standard InChI is InChI=1S/C28H26N4O2S/c1-4-19-10-8-14-22(16-19)32-18(2)24(27-30-26(31-34-27)20-11-6-5-7-12-20)25(29-28(32)35)21-13-9-15-23(17-21)33-3/h5-17,25H,4H2,1-3H3,(H,29,35). The second-order valence-corrected chi connectivity index (χ2v) is 8.69. The van der Waals surface area contributed by atoms with E-state index in [1.165, 1.54) is 5.56 Å². The fraction of sp³-hybridized carbons (Fsp3) is 0.179. The first kappa shape index (κ1) is 22.8. The predicted octanol–water partition coefficient (Wildman–Crippen LogP) is 6.17. The van der Waals surface area contributed by atoms with Crippen LogP contribution in [0.1, 0.15) is 36.9 Å². The zero-order valence-electron chi connectivity index (χ0n) is 19.9. The Bertz CT molecular complexity index is 1400. The van der Waals surface area contributed by atoms with Gasteiger partial charge < -0.3 is 14.6 Å². The molecule has 0 saturated carbocycles. The highest BCUT2D eigenvalue weighted by molar-refractivity contribution is 7.80. The van der Waals surface area contributed by atoms with Crippen molar-refractivity contribution in [1.82, 2.24) is 15.5 Å². The maximum absolute atomic E-state index is 5.87. The number of allylic oxidation sites excluding steroid dienone is 1. The highest BCUT2D eigenvalue weighted by Crippen LogP contribution is 2.40. The lowest BCUT2D eigenvalue weighted by Gasteiger charge is -2.37. The van der Waals surface area contributed by atoms with Gasteiger partial charge in [0.2, 0.25) is 5.82 Å². The Morgan fingerprint density at radius 3 is 2.60 bits per heavy atom. The topological polar surface area (TPSA) is 63.4 Å². The summed E-state index contributed by atoms with van der Waals surface area (Å²) in [5, 5.41) is 8.40. The fourth-order valence-corrected chi connectivity index (χ4v) is 4.72. The van der Waals surface area contributed by atoms with E-state index >= 15 is 0 Å². The molecule has 4 aromatic rings. The van der Waals surface area contributed by atoms with E-state index in [2.05, 4.69) is 41.7 Å². The Kier molecular flexibility index (Phi) is 6.33. The van der Waals surface area contributed by atoms with Crippen molar-refractivity contribution in [2.75, 3.05) is 12.0 Å². The molecule has 1 atom stereocenters. The van der Waals surface area contributed by atoms with Gasteiger partial charge in [0.1, 0.15) is 5.75 Å². The van der Waals surface area contributed by atoms with Crippen LogP contribution in [0.3, 0.4) is 0 Å². The number of hydrogen-bond acceptors (Lipinski definition) is 5. The molecule has 1 aromatic heterocycles. The molecule has 7 heteroatoms. The summed E-state index contributed by atoms with van der Waals surface area (Å²) < 4.78 is 11.3. The summed E-state index contributed by atoms with van der Waals surface area (Å²) in [5.41, 5.74) is 5.90. The van der Waals surface area contributed by atoms with Crippen LogP contribution in [0.2, 0.25) is 0 Å². The molecule has 0 saturated heterocycles. The monoisotopic (exact) mass is 482 g/mol. The van der Waals surface area contributed by atoms with E-state index in [-0.39, 0.29) is 6.04 Å². The predicted molar refractivity (Wildman–Crippen MR) is 142 cm³/mol. The number of nitrogens with one attached hydrogen (secondary N) is 1. The zero-order valence-corrected chi connectivity index (χ0v) is 20.7. The fourth-order valence-electron chi connectivity index (χ4n) is 4.35. The van der Waals surface area contributed by atoms with Gasteiger partial charge in [-0.2, -0.15) is 4.98 Å². The highest BCUT2D eigenvalue weighted by Gasteiger charge is 2.35. The van der Waals surface area contributed by atoms with Gasteiger partial charge >= 0.3 is 0 Å². The maximum atomic E-state index is 5.87. The third-order valence-electron chi connectivity index (χ3n) is 6.18. The molecule has 176 valence electrons. The largest absolute Gasteiger partial charge is 0.497 e. The molecule has 1 unspecified atom stereocenters. The number of aryl methyl sites for hydroxylation is 1. The molecule has 3 aromatic carbocycles. The van der Waals surface area contributed by atoms with Crippen LogP contribution in [-0.4, -0.2) is 22.4 Å². The van der Waals surface area contributed by atoms with Crippen molar-refractivity contribution >= 4 is 28.6 Å². The number of nitrogens with zero attached hydrogens (tertiary/aromatic N) is 3. The minimum atomic E-state index is -0.285. The number of rotatable bonds is 6. The van der Waals surface area contributed by atoms with E-state index in [4.69, 9.17) is 26.5 Å². The molecular weight excluding hydrogens is 456 g/mol. The number of benzene rings is 3. The molecular formula is C28H26N4O2S. The molecule has 0 bridgehead atoms. The Hall–Kier alpha value is -3.97. The second kappa shape index (κ2) is 9.72. The summed E-state index contributed by atoms with van der Waals surface area (Å²) in [6.07, 6.45) is 0.939. The van der Waals surface area contributed by atoms with E-state index in [1.54, 1.807) is 7.11 Å². The van der Waals surface area contributed by atoms with Gasteiger partial charge in [-0.1, -0.05) is 66.7 Å². The summed E-state index contributed by atoms with van der Waals surface area (Å²) in [6.45, 7) is 4.18. The van der Waals surface area contributed by atoms with Crippen LogP contribution in [0.15, 0.2) is 89.1 Å². The summed E-state index contributed by atoms with van der Waals surface area (Å²) in [4.78, 5) is 6.82. The quantitative estimate of drug-likeness (QED) is 0.330. The van der Waals surface area contributed by atoms with Crippen molar-refractivity contribution in [3.63, 3.8) is 0 Å². The van der Waals surface area contributed by atoms with E-state index in [9.17, 15) is 0 Å². The van der Waals surface area contributed by atoms with Gasteiger partial charge in [0.15, 0.2) is 5.11 Å². The molecule has 35 heavy (non-hydrogen) atoms. The Labute approximate surface area is 210 Å². The van der Waals surface area contributed by atoms with Crippen LogP contribution < -0.4 is 15.0 Å². The number of anilines is 1. The molecule has 1 N–H and O–H groups in total. The first-order valence-electron chi connectivity index (χ1n) is 11.5. The van der Waals surface area contributed by atoms with Crippen LogP contribution in [0.5, 0.6) is 5.75 Å². The number of aromatic nitrogens is 2. The molecule has 0 fully saturated rings. The Balaban J connectivity index is 1.67. The SMILES string of the molecule is CCc1cccc(N2C(=S)NC(c3cccc(OC)c3)C(c3nc(-c4ccccc4)no3)=C2C)c1. The lowest BCUT2D eigenvalue weighted by molar-refractivity contribution is 0.403. The van der Waals surface area contributed by atoms with Gasteiger partial charge in [-0.15, -0.1) is 0 Å². The van der Waals surface area contributed by atoms with Gasteiger partial charge in [0, 0.05) is 16.9 Å². The second-order valence-electron chi connectivity index (χ2n) is 8.31. The third-order valence-corrected chi connectivity index (χ3v) is 6.48. The van der Waals surface area contributed by atoms with Crippen LogP contribution in [0.4, 0.5) is 5.69 Å². The van der Waals surface area contributed by atoms with Gasteiger partial charge in [-0.3, -0.25) is 4.90 Å². The van der Waals surface area contributed by atoms with E-state index in [0.29, 0.717) is 16.8 Å². The number of hydrogen-bond donors (Lipinski definition) is 1. The van der Waals surface area contributed by atoms with Gasteiger partial charge in [-0.25, -0.2) is 0 Å². The average Bonchev–Trinajstić information content (AvgIpc) is 3.39. The summed E-state index contributed by atoms with van der Waals surface area (Å²) >= 11 is 5.87. The third kappa shape index (κ3) is 4.42. The molecule has 5 rings (SSSR count). The minimum absolute atomic E-state index is 0.285. The molecule has 0 spiro atoms. The molecule has 0 radical (unpaired) electrons. The maximum Gasteiger partial charge on any atom is 0.258 e. The smallest absolute Gasteiger partial charge is 0.258 e. The number of ether oxygens (including phenoxy) is 1. The van der Waals surface area contributed by atoms with E-state index in [1.807, 2.05) is 66.4 Å². The van der Waals surface area contributed by atoms with Crippen LogP contribution in [-0.2, 0) is 6.42 Å². The Morgan fingerprint density at radius 2 is 1.83 bits per heavy atom. The lowest BCUT2D eigenvalue weighted by atomic mass is 9.94. The summed E-state index contributed by atoms with van der Waals surface area (Å²) in [5.74, 6) is 1.75. The first-order valence-corrected chi connectivity index (χ1v) is 11.9. The summed E-state index contributed by atoms with van der Waals surface area (Å²) in [7, 11) is 1.66. The number of methoxy groups -OCH3 is 1. The average molecular weight is 483 g/mol. The van der Waals surface area contributed by atoms with Gasteiger partial charge in [-0.05, 0) is 61.0 Å². The van der Waals surface area contributed by atoms with Gasteiger partial charge in [0.05, 0.1) is 18.7 Å². The lowest BCUT2D eigenvalue weighted by Crippen LogP contribution is -2.46. The summed E-state index contributed by atoms with van der Waals surface area (Å²) in [6, 6.07) is 25.8. The molecule has 0 amide bonds. The van der Waals surface area contributed by atoms with Crippen LogP contribution in [0, 0.1) is 0 Å². The minimum Gasteiger partial charge on any atom is -0.497 e.